The normalized spacial score (nSPS) is 15.3. The van der Waals surface area contributed by atoms with E-state index in [2.05, 4.69) is 47.9 Å². The number of nitrogens with zero attached hydrogens (tertiary/aromatic N) is 5. The first-order chi connectivity index (χ1) is 11.2. The molecule has 1 aliphatic heterocycles. The van der Waals surface area contributed by atoms with Gasteiger partial charge in [0.05, 0.1) is 0 Å². The summed E-state index contributed by atoms with van der Waals surface area (Å²) in [6, 6.07) is 0. The highest BCUT2D eigenvalue weighted by Gasteiger charge is 2.14. The monoisotopic (exact) mass is 320 g/mol. The van der Waals surface area contributed by atoms with Gasteiger partial charge in [-0.1, -0.05) is 6.92 Å². The molecule has 1 saturated heterocycles. The van der Waals surface area contributed by atoms with Gasteiger partial charge in [0, 0.05) is 44.7 Å². The van der Waals surface area contributed by atoms with Crippen LogP contribution in [0.15, 0.2) is 5.10 Å². The molecule has 0 radical (unpaired) electrons. The van der Waals surface area contributed by atoms with Crippen molar-refractivity contribution in [1.29, 1.82) is 0 Å². The summed E-state index contributed by atoms with van der Waals surface area (Å²) in [5.41, 5.74) is 4.16. The molecule has 8 heteroatoms. The second-order valence-corrected chi connectivity index (χ2v) is 5.50. The number of rotatable bonds is 8. The largest absolute Gasteiger partial charge is 0.354 e. The maximum absolute atomic E-state index is 4.48. The van der Waals surface area contributed by atoms with Crippen LogP contribution >= 0.6 is 0 Å². The SMILES string of the molecule is CCCN1CCC(=NNc2nc(NCC)nc(NCC)n2)CC1. The van der Waals surface area contributed by atoms with Crippen LogP contribution in [-0.4, -0.2) is 58.3 Å². The van der Waals surface area contributed by atoms with E-state index in [0.29, 0.717) is 17.8 Å². The fourth-order valence-electron chi connectivity index (χ4n) is 2.49. The van der Waals surface area contributed by atoms with E-state index in [1.165, 1.54) is 18.7 Å². The molecule has 1 aromatic rings. The van der Waals surface area contributed by atoms with Crippen LogP contribution < -0.4 is 16.1 Å². The van der Waals surface area contributed by atoms with Crippen molar-refractivity contribution in [3.63, 3.8) is 0 Å². The maximum Gasteiger partial charge on any atom is 0.250 e. The Labute approximate surface area is 138 Å². The zero-order valence-corrected chi connectivity index (χ0v) is 14.4. The van der Waals surface area contributed by atoms with E-state index < -0.39 is 0 Å². The lowest BCUT2D eigenvalue weighted by molar-refractivity contribution is 0.275. The average molecular weight is 320 g/mol. The van der Waals surface area contributed by atoms with Gasteiger partial charge < -0.3 is 15.5 Å². The van der Waals surface area contributed by atoms with Crippen LogP contribution in [-0.2, 0) is 0 Å². The smallest absolute Gasteiger partial charge is 0.250 e. The van der Waals surface area contributed by atoms with Gasteiger partial charge in [-0.2, -0.15) is 20.1 Å². The van der Waals surface area contributed by atoms with Gasteiger partial charge in [0.25, 0.3) is 0 Å². The summed E-state index contributed by atoms with van der Waals surface area (Å²) >= 11 is 0. The maximum atomic E-state index is 4.48. The van der Waals surface area contributed by atoms with E-state index in [-0.39, 0.29) is 0 Å². The molecule has 2 heterocycles. The Morgan fingerprint density at radius 2 is 1.48 bits per heavy atom. The van der Waals surface area contributed by atoms with Gasteiger partial charge in [0.1, 0.15) is 0 Å². The Hall–Kier alpha value is -1.96. The molecule has 0 amide bonds. The number of aromatic nitrogens is 3. The van der Waals surface area contributed by atoms with Crippen molar-refractivity contribution in [2.45, 2.75) is 40.0 Å². The molecule has 0 spiro atoms. The van der Waals surface area contributed by atoms with Crippen molar-refractivity contribution in [1.82, 2.24) is 19.9 Å². The Kier molecular flexibility index (Phi) is 6.99. The van der Waals surface area contributed by atoms with Gasteiger partial charge in [0.15, 0.2) is 0 Å². The van der Waals surface area contributed by atoms with Gasteiger partial charge in [-0.15, -0.1) is 0 Å². The van der Waals surface area contributed by atoms with E-state index >= 15 is 0 Å². The number of piperidine rings is 1. The third-order valence-electron chi connectivity index (χ3n) is 3.59. The summed E-state index contributed by atoms with van der Waals surface area (Å²) in [5.74, 6) is 1.58. The molecule has 0 aromatic carbocycles. The lowest BCUT2D eigenvalue weighted by Crippen LogP contribution is -2.34. The molecule has 0 atom stereocenters. The second kappa shape index (κ2) is 9.24. The molecule has 8 nitrogen and oxygen atoms in total. The van der Waals surface area contributed by atoms with Crippen LogP contribution in [0.1, 0.15) is 40.0 Å². The molecular formula is C15H28N8. The molecule has 0 aliphatic carbocycles. The molecule has 0 bridgehead atoms. The fourth-order valence-corrected chi connectivity index (χ4v) is 2.49. The minimum absolute atomic E-state index is 0.468. The van der Waals surface area contributed by atoms with E-state index in [1.807, 2.05) is 13.8 Å². The highest BCUT2D eigenvalue weighted by Crippen LogP contribution is 2.11. The Morgan fingerprint density at radius 3 is 2.00 bits per heavy atom. The molecule has 3 N–H and O–H groups in total. The van der Waals surface area contributed by atoms with Gasteiger partial charge in [-0.05, 0) is 26.8 Å². The molecule has 2 rings (SSSR count). The number of likely N-dealkylation sites (tertiary alicyclic amines) is 1. The number of anilines is 3. The minimum atomic E-state index is 0.468. The number of hydrazone groups is 1. The van der Waals surface area contributed by atoms with E-state index in [0.717, 1.165) is 39.0 Å². The van der Waals surface area contributed by atoms with Gasteiger partial charge in [0.2, 0.25) is 17.8 Å². The van der Waals surface area contributed by atoms with Crippen molar-refractivity contribution < 1.29 is 0 Å². The van der Waals surface area contributed by atoms with Crippen LogP contribution in [0.2, 0.25) is 0 Å². The molecule has 23 heavy (non-hydrogen) atoms. The molecular weight excluding hydrogens is 292 g/mol. The lowest BCUT2D eigenvalue weighted by Gasteiger charge is -2.26. The third kappa shape index (κ3) is 5.63. The van der Waals surface area contributed by atoms with Crippen molar-refractivity contribution in [2.75, 3.05) is 48.8 Å². The van der Waals surface area contributed by atoms with Crippen LogP contribution in [0, 0.1) is 0 Å². The van der Waals surface area contributed by atoms with Gasteiger partial charge >= 0.3 is 0 Å². The fraction of sp³-hybridized carbons (Fsp3) is 0.733. The molecule has 0 unspecified atom stereocenters. The van der Waals surface area contributed by atoms with Crippen LogP contribution in [0.3, 0.4) is 0 Å². The quantitative estimate of drug-likeness (QED) is 0.631. The minimum Gasteiger partial charge on any atom is -0.354 e. The number of hydrogen-bond acceptors (Lipinski definition) is 8. The van der Waals surface area contributed by atoms with Crippen molar-refractivity contribution >= 4 is 23.6 Å². The van der Waals surface area contributed by atoms with E-state index in [1.54, 1.807) is 0 Å². The summed E-state index contributed by atoms with van der Waals surface area (Å²) in [6.07, 6.45) is 3.20. The summed E-state index contributed by atoms with van der Waals surface area (Å²) in [6.45, 7) is 11.1. The highest BCUT2D eigenvalue weighted by atomic mass is 15.4. The summed E-state index contributed by atoms with van der Waals surface area (Å²) in [5, 5.41) is 10.7. The third-order valence-corrected chi connectivity index (χ3v) is 3.59. The Morgan fingerprint density at radius 1 is 0.913 bits per heavy atom. The Balaban J connectivity index is 1.97. The first-order valence-electron chi connectivity index (χ1n) is 8.52. The predicted molar refractivity (Wildman–Crippen MR) is 95.2 cm³/mol. The van der Waals surface area contributed by atoms with Crippen molar-refractivity contribution in [2.24, 2.45) is 5.10 Å². The molecule has 128 valence electrons. The van der Waals surface area contributed by atoms with Gasteiger partial charge in [-0.3, -0.25) is 0 Å². The molecule has 1 aromatic heterocycles. The standard InChI is InChI=1S/C15H28N8/c1-4-9-23-10-7-12(8-11-23)21-22-15-19-13(16-5-2)18-14(20-15)17-6-3/h4-11H2,1-3H3,(H3,16,17,18,19,20,22). The van der Waals surface area contributed by atoms with E-state index in [9.17, 15) is 0 Å². The van der Waals surface area contributed by atoms with Crippen LogP contribution in [0.25, 0.3) is 0 Å². The van der Waals surface area contributed by atoms with Crippen molar-refractivity contribution in [3.8, 4) is 0 Å². The highest BCUT2D eigenvalue weighted by molar-refractivity contribution is 5.86. The molecule has 0 saturated carbocycles. The molecule has 1 fully saturated rings. The second-order valence-electron chi connectivity index (χ2n) is 5.50. The number of nitrogens with one attached hydrogen (secondary N) is 3. The summed E-state index contributed by atoms with van der Waals surface area (Å²) < 4.78 is 0. The number of hydrogen-bond donors (Lipinski definition) is 3. The topological polar surface area (TPSA) is 90.4 Å². The summed E-state index contributed by atoms with van der Waals surface area (Å²) in [4.78, 5) is 15.4. The average Bonchev–Trinajstić information content (AvgIpc) is 2.55. The zero-order valence-electron chi connectivity index (χ0n) is 14.4. The first kappa shape index (κ1) is 17.4. The molecule has 1 aliphatic rings. The van der Waals surface area contributed by atoms with Gasteiger partial charge in [-0.25, -0.2) is 5.43 Å². The van der Waals surface area contributed by atoms with Crippen molar-refractivity contribution in [3.05, 3.63) is 0 Å². The lowest BCUT2D eigenvalue weighted by atomic mass is 10.1. The zero-order chi connectivity index (χ0) is 16.5. The predicted octanol–water partition coefficient (Wildman–Crippen LogP) is 2.01. The summed E-state index contributed by atoms with van der Waals surface area (Å²) in [7, 11) is 0. The van der Waals surface area contributed by atoms with Crippen LogP contribution in [0.5, 0.6) is 0 Å². The van der Waals surface area contributed by atoms with E-state index in [4.69, 9.17) is 0 Å². The first-order valence-corrected chi connectivity index (χ1v) is 8.52. The Bertz CT molecular complexity index is 482. The van der Waals surface area contributed by atoms with Crippen LogP contribution in [0.4, 0.5) is 17.8 Å².